The summed E-state index contributed by atoms with van der Waals surface area (Å²) < 4.78 is 0. The van der Waals surface area contributed by atoms with Gasteiger partial charge in [0, 0.05) is 19.3 Å². The molecule has 1 aromatic carbocycles. The second-order valence-electron chi connectivity index (χ2n) is 6.20. The first-order chi connectivity index (χ1) is 10.1. The number of rotatable bonds is 3. The number of hydrogen-bond acceptors (Lipinski definition) is 2. The minimum atomic E-state index is -0.189. The molecular weight excluding hydrogens is 262 g/mol. The molecule has 1 aromatic rings. The van der Waals surface area contributed by atoms with Crippen LogP contribution in [0, 0.1) is 6.92 Å². The van der Waals surface area contributed by atoms with Crippen LogP contribution in [0.3, 0.4) is 0 Å². The van der Waals surface area contributed by atoms with Gasteiger partial charge in [-0.2, -0.15) is 0 Å². The zero-order valence-corrected chi connectivity index (χ0v) is 13.2. The van der Waals surface area contributed by atoms with Crippen LogP contribution < -0.4 is 11.1 Å². The lowest BCUT2D eigenvalue weighted by molar-refractivity contribution is 0.134. The van der Waals surface area contributed by atoms with E-state index in [1.165, 1.54) is 18.4 Å². The molecule has 1 aliphatic carbocycles. The number of carbonyl (C=O) groups is 1. The number of nitrogens with zero attached hydrogens (tertiary/aromatic N) is 1. The van der Waals surface area contributed by atoms with Gasteiger partial charge in [0.2, 0.25) is 0 Å². The molecule has 0 radical (unpaired) electrons. The molecular formula is C17H27N3O. The van der Waals surface area contributed by atoms with Gasteiger partial charge >= 0.3 is 6.03 Å². The third kappa shape index (κ3) is 3.76. The van der Waals surface area contributed by atoms with Gasteiger partial charge in [0.25, 0.3) is 0 Å². The summed E-state index contributed by atoms with van der Waals surface area (Å²) in [4.78, 5) is 14.4. The number of anilines is 1. The van der Waals surface area contributed by atoms with E-state index in [-0.39, 0.29) is 11.6 Å². The van der Waals surface area contributed by atoms with Crippen molar-refractivity contribution in [3.05, 3.63) is 29.8 Å². The Kier molecular flexibility index (Phi) is 5.23. The molecule has 1 aliphatic rings. The number of hydrogen-bond donors (Lipinski definition) is 2. The first-order valence-electron chi connectivity index (χ1n) is 7.89. The molecule has 1 fully saturated rings. The van der Waals surface area contributed by atoms with E-state index < -0.39 is 0 Å². The summed E-state index contributed by atoms with van der Waals surface area (Å²) in [6, 6.07) is 7.80. The van der Waals surface area contributed by atoms with Crippen molar-refractivity contribution in [3.8, 4) is 0 Å². The molecule has 0 heterocycles. The van der Waals surface area contributed by atoms with E-state index in [0.717, 1.165) is 31.4 Å². The maximum absolute atomic E-state index is 12.5. The molecule has 2 rings (SSSR count). The summed E-state index contributed by atoms with van der Waals surface area (Å²) >= 11 is 0. The van der Waals surface area contributed by atoms with Crippen LogP contribution in [0.5, 0.6) is 0 Å². The Morgan fingerprint density at radius 3 is 2.29 bits per heavy atom. The fourth-order valence-corrected chi connectivity index (χ4v) is 3.12. The predicted molar refractivity (Wildman–Crippen MR) is 87.4 cm³/mol. The predicted octanol–water partition coefficient (Wildman–Crippen LogP) is 3.51. The van der Waals surface area contributed by atoms with Crippen molar-refractivity contribution in [2.75, 3.05) is 18.9 Å². The first-order valence-corrected chi connectivity index (χ1v) is 7.89. The van der Waals surface area contributed by atoms with Crippen LogP contribution in [0.2, 0.25) is 0 Å². The third-order valence-electron chi connectivity index (χ3n) is 4.73. The molecule has 116 valence electrons. The smallest absolute Gasteiger partial charge is 0.322 e. The highest BCUT2D eigenvalue weighted by atomic mass is 16.2. The fraction of sp³-hybridized carbons (Fsp3) is 0.588. The van der Waals surface area contributed by atoms with Crippen molar-refractivity contribution in [2.24, 2.45) is 5.73 Å². The molecule has 0 unspecified atom stereocenters. The summed E-state index contributed by atoms with van der Waals surface area (Å²) in [6.45, 7) is 2.57. The fourth-order valence-electron chi connectivity index (χ4n) is 3.12. The van der Waals surface area contributed by atoms with Crippen LogP contribution in [0.15, 0.2) is 24.3 Å². The molecule has 21 heavy (non-hydrogen) atoms. The second kappa shape index (κ2) is 6.94. The molecule has 4 nitrogen and oxygen atoms in total. The second-order valence-corrected chi connectivity index (χ2v) is 6.20. The van der Waals surface area contributed by atoms with Crippen LogP contribution in [0.1, 0.15) is 44.1 Å². The summed E-state index contributed by atoms with van der Waals surface area (Å²) in [5.74, 6) is 0. The van der Waals surface area contributed by atoms with E-state index in [9.17, 15) is 4.79 Å². The number of urea groups is 1. The molecule has 0 saturated heterocycles. The highest BCUT2D eigenvalue weighted by Crippen LogP contribution is 2.31. The highest BCUT2D eigenvalue weighted by Gasteiger charge is 2.36. The summed E-state index contributed by atoms with van der Waals surface area (Å²) in [6.07, 6.45) is 6.80. The van der Waals surface area contributed by atoms with Gasteiger partial charge in [-0.25, -0.2) is 4.79 Å². The van der Waals surface area contributed by atoms with E-state index in [1.807, 2.05) is 43.1 Å². The molecule has 0 aliphatic heterocycles. The topological polar surface area (TPSA) is 58.4 Å². The molecule has 4 heteroatoms. The normalized spacial score (nSPS) is 17.9. The van der Waals surface area contributed by atoms with Crippen LogP contribution >= 0.6 is 0 Å². The van der Waals surface area contributed by atoms with Gasteiger partial charge in [0.1, 0.15) is 0 Å². The Hall–Kier alpha value is -1.55. The Balaban J connectivity index is 2.07. The average molecular weight is 289 g/mol. The van der Waals surface area contributed by atoms with Gasteiger partial charge in [-0.1, -0.05) is 43.4 Å². The number of amides is 2. The Bertz CT molecular complexity index is 461. The molecule has 0 bridgehead atoms. The summed E-state index contributed by atoms with van der Waals surface area (Å²) in [7, 11) is 1.88. The number of benzene rings is 1. The number of nitrogens with one attached hydrogen (secondary N) is 1. The quantitative estimate of drug-likeness (QED) is 0.837. The van der Waals surface area contributed by atoms with E-state index in [2.05, 4.69) is 5.32 Å². The summed E-state index contributed by atoms with van der Waals surface area (Å²) in [5, 5.41) is 2.98. The van der Waals surface area contributed by atoms with Gasteiger partial charge in [-0.05, 0) is 31.9 Å². The van der Waals surface area contributed by atoms with Crippen molar-refractivity contribution in [1.29, 1.82) is 0 Å². The minimum Gasteiger partial charge on any atom is -0.328 e. The summed E-state index contributed by atoms with van der Waals surface area (Å²) in [5.41, 5.74) is 7.86. The van der Waals surface area contributed by atoms with Crippen LogP contribution in [-0.4, -0.2) is 30.1 Å². The molecule has 3 N–H and O–H groups in total. The van der Waals surface area contributed by atoms with Gasteiger partial charge in [-0.3, -0.25) is 0 Å². The molecule has 2 amide bonds. The van der Waals surface area contributed by atoms with Gasteiger partial charge in [0.05, 0.1) is 5.54 Å². The van der Waals surface area contributed by atoms with Crippen molar-refractivity contribution < 1.29 is 4.79 Å². The third-order valence-corrected chi connectivity index (χ3v) is 4.73. The maximum Gasteiger partial charge on any atom is 0.322 e. The standard InChI is InChI=1S/C17H27N3O/c1-14-7-9-15(10-8-14)19-16(21)20(2)17(13-18)11-5-3-4-6-12-17/h7-10H,3-6,11-13,18H2,1-2H3,(H,19,21). The Morgan fingerprint density at radius 1 is 1.19 bits per heavy atom. The largest absolute Gasteiger partial charge is 0.328 e. The number of aryl methyl sites for hydroxylation is 1. The SMILES string of the molecule is Cc1ccc(NC(=O)N(C)C2(CN)CCCCCC2)cc1. The number of carbonyl (C=O) groups excluding carboxylic acids is 1. The molecule has 0 atom stereocenters. The van der Waals surface area contributed by atoms with E-state index >= 15 is 0 Å². The van der Waals surface area contributed by atoms with E-state index in [0.29, 0.717) is 6.54 Å². The van der Waals surface area contributed by atoms with E-state index in [4.69, 9.17) is 5.73 Å². The molecule has 0 spiro atoms. The maximum atomic E-state index is 12.5. The van der Waals surface area contributed by atoms with Gasteiger partial charge < -0.3 is 16.0 Å². The van der Waals surface area contributed by atoms with Crippen LogP contribution in [0.4, 0.5) is 10.5 Å². The van der Waals surface area contributed by atoms with Crippen molar-refractivity contribution >= 4 is 11.7 Å². The number of likely N-dealkylation sites (N-methyl/N-ethyl adjacent to an activating group) is 1. The lowest BCUT2D eigenvalue weighted by Crippen LogP contribution is -2.55. The number of nitrogens with two attached hydrogens (primary N) is 1. The van der Waals surface area contributed by atoms with Crippen molar-refractivity contribution in [1.82, 2.24) is 4.90 Å². The van der Waals surface area contributed by atoms with E-state index in [1.54, 1.807) is 0 Å². The zero-order chi connectivity index (χ0) is 15.3. The highest BCUT2D eigenvalue weighted by molar-refractivity contribution is 5.89. The lowest BCUT2D eigenvalue weighted by Gasteiger charge is -2.40. The average Bonchev–Trinajstić information content (AvgIpc) is 2.75. The molecule has 0 aromatic heterocycles. The van der Waals surface area contributed by atoms with Crippen molar-refractivity contribution in [2.45, 2.75) is 51.0 Å². The zero-order valence-electron chi connectivity index (χ0n) is 13.2. The lowest BCUT2D eigenvalue weighted by atomic mass is 9.89. The Labute approximate surface area is 127 Å². The first kappa shape index (κ1) is 15.8. The van der Waals surface area contributed by atoms with Gasteiger partial charge in [0.15, 0.2) is 0 Å². The monoisotopic (exact) mass is 289 g/mol. The van der Waals surface area contributed by atoms with Crippen molar-refractivity contribution in [3.63, 3.8) is 0 Å². The van der Waals surface area contributed by atoms with Crippen LogP contribution in [-0.2, 0) is 0 Å². The van der Waals surface area contributed by atoms with Gasteiger partial charge in [-0.15, -0.1) is 0 Å². The van der Waals surface area contributed by atoms with Crippen LogP contribution in [0.25, 0.3) is 0 Å². The molecule has 1 saturated carbocycles. The Morgan fingerprint density at radius 2 is 1.76 bits per heavy atom. The minimum absolute atomic E-state index is 0.0637.